The molecule has 364 valence electrons. The van der Waals surface area contributed by atoms with E-state index in [0.717, 1.165) is 0 Å². The zero-order valence-corrected chi connectivity index (χ0v) is 26.5. The van der Waals surface area contributed by atoms with Crippen LogP contribution in [-0.4, -0.2) is 113 Å². The molecule has 0 saturated carbocycles. The van der Waals surface area contributed by atoms with Gasteiger partial charge in [-0.15, -0.1) is 0 Å². The Morgan fingerprint density at radius 3 is 0.656 bits per heavy atom. The SMILES string of the molecule is C=C(C)C(=O)OC(F)(C(F)(F)C(F)(F)C(F)(F)C(F)(F)C(F)(F)C(F)(F)C(F)(F)C(F)(F)C(F)(F)F)C(F)(F)C(F)(F)C(F)(F)C(F)(F)C(F)(F)C(F)(C(F)(F)F)C(F)(F)F. The summed E-state index contributed by atoms with van der Waals surface area (Å²) in [5.41, 5.74) is -12.1. The number of carbonyl (C=O) groups excluding carboxylic acids is 1. The predicted octanol–water partition coefficient (Wildman–Crippen LogP) is 12.4. The van der Waals surface area contributed by atoms with Crippen molar-refractivity contribution in [2.24, 2.45) is 0 Å². The second kappa shape index (κ2) is 14.1. The van der Waals surface area contributed by atoms with E-state index in [1.54, 1.807) is 4.74 Å². The Kier molecular flexibility index (Phi) is 13.3. The molecule has 1 atom stereocenters. The molecule has 0 radical (unpaired) electrons. The molecule has 2 nitrogen and oxygen atoms in total. The van der Waals surface area contributed by atoms with Crippen LogP contribution in [-0.2, 0) is 9.53 Å². The van der Waals surface area contributed by atoms with Gasteiger partial charge in [0.2, 0.25) is 0 Å². The summed E-state index contributed by atoms with van der Waals surface area (Å²) in [5.74, 6) is -145. The first-order valence-corrected chi connectivity index (χ1v) is 13.0. The van der Waals surface area contributed by atoms with Gasteiger partial charge >= 0.3 is 113 Å². The highest BCUT2D eigenvalue weighted by molar-refractivity contribution is 5.87. The molecule has 0 aliphatic rings. The van der Waals surface area contributed by atoms with Gasteiger partial charge in [0.25, 0.3) is 0 Å². The monoisotopic (exact) mass is 1000 g/mol. The summed E-state index contributed by atoms with van der Waals surface area (Å²) in [4.78, 5) is 11.4. The van der Waals surface area contributed by atoms with Gasteiger partial charge in [0.15, 0.2) is 0 Å². The first-order valence-electron chi connectivity index (χ1n) is 13.0. The molecule has 0 fully saturated rings. The number of esters is 1. The van der Waals surface area contributed by atoms with Crippen LogP contribution in [0.15, 0.2) is 12.2 Å². The topological polar surface area (TPSA) is 26.3 Å². The van der Waals surface area contributed by atoms with Crippen molar-refractivity contribution in [1.82, 2.24) is 0 Å². The zero-order chi connectivity index (χ0) is 50.9. The maximum Gasteiger partial charge on any atom is 0.460 e. The molecule has 0 aliphatic carbocycles. The Balaban J connectivity index is 8.60. The van der Waals surface area contributed by atoms with Crippen LogP contribution >= 0.6 is 0 Å². The third-order valence-electron chi connectivity index (χ3n) is 7.30. The molecular weight excluding hydrogens is 999 g/mol. The maximum absolute atomic E-state index is 15.3. The van der Waals surface area contributed by atoms with Crippen molar-refractivity contribution in [3.8, 4) is 0 Å². The molecule has 0 N–H and O–H groups in total. The smallest absolute Gasteiger partial charge is 0.413 e. The van der Waals surface area contributed by atoms with Crippen LogP contribution in [0.25, 0.3) is 0 Å². The van der Waals surface area contributed by atoms with Crippen LogP contribution in [0.3, 0.4) is 0 Å². The Labute approximate surface area is 305 Å². The Hall–Kier alpha value is -3.38. The molecule has 0 heterocycles. The molecular formula is C22H5F37O2. The van der Waals surface area contributed by atoms with E-state index in [0.29, 0.717) is 0 Å². The number of hydrogen-bond donors (Lipinski definition) is 0. The molecule has 0 aromatic carbocycles. The van der Waals surface area contributed by atoms with Crippen molar-refractivity contribution >= 4 is 5.97 Å². The highest BCUT2D eigenvalue weighted by atomic mass is 19.5. The highest BCUT2D eigenvalue weighted by Gasteiger charge is 3.03. The number of ether oxygens (including phenoxy) is 1. The Morgan fingerprint density at radius 1 is 0.295 bits per heavy atom. The highest BCUT2D eigenvalue weighted by Crippen LogP contribution is 2.71. The summed E-state index contributed by atoms with van der Waals surface area (Å²) in [6, 6.07) is 0. The fourth-order valence-corrected chi connectivity index (χ4v) is 3.63. The average Bonchev–Trinajstić information content (AvgIpc) is 3.00. The molecule has 0 saturated heterocycles. The van der Waals surface area contributed by atoms with Crippen molar-refractivity contribution < 1.29 is 172 Å². The number of halogens is 37. The fraction of sp³-hybridized carbons (Fsp3) is 0.864. The molecule has 0 spiro atoms. The summed E-state index contributed by atoms with van der Waals surface area (Å²) >= 11 is 0. The molecule has 0 amide bonds. The van der Waals surface area contributed by atoms with Crippen LogP contribution in [0.2, 0.25) is 0 Å². The second-order valence-corrected chi connectivity index (χ2v) is 11.4. The first-order chi connectivity index (χ1) is 25.6. The third kappa shape index (κ3) is 6.71. The quantitative estimate of drug-likeness (QED) is 0.0875. The largest absolute Gasteiger partial charge is 0.460 e. The van der Waals surface area contributed by atoms with Gasteiger partial charge in [0.1, 0.15) is 0 Å². The lowest BCUT2D eigenvalue weighted by molar-refractivity contribution is -0.502. The normalized spacial score (nSPS) is 17.6. The molecule has 0 rings (SSSR count). The predicted molar refractivity (Wildman–Crippen MR) is 111 cm³/mol. The number of hydrogen-bond acceptors (Lipinski definition) is 2. The van der Waals surface area contributed by atoms with Gasteiger partial charge < -0.3 is 4.74 Å². The van der Waals surface area contributed by atoms with E-state index in [1.807, 2.05) is 6.58 Å². The number of rotatable bonds is 16. The average molecular weight is 1000 g/mol. The Bertz CT molecular complexity index is 1640. The lowest BCUT2D eigenvalue weighted by Crippen LogP contribution is -2.82. The Morgan fingerprint density at radius 2 is 0.475 bits per heavy atom. The van der Waals surface area contributed by atoms with Gasteiger partial charge in [0, 0.05) is 5.57 Å². The maximum atomic E-state index is 15.3. The van der Waals surface area contributed by atoms with E-state index in [9.17, 15) is 163 Å². The van der Waals surface area contributed by atoms with Crippen LogP contribution < -0.4 is 0 Å². The second-order valence-electron chi connectivity index (χ2n) is 11.4. The molecule has 0 aromatic rings. The van der Waals surface area contributed by atoms with Crippen molar-refractivity contribution in [2.75, 3.05) is 0 Å². The van der Waals surface area contributed by atoms with E-state index >= 15 is 4.39 Å². The summed E-state index contributed by atoms with van der Waals surface area (Å²) in [5, 5.41) is 0. The number of carbonyl (C=O) groups is 1. The minimum atomic E-state index is -10.4. The first kappa shape index (κ1) is 57.6. The minimum absolute atomic E-state index is 0.518. The van der Waals surface area contributed by atoms with Gasteiger partial charge in [-0.05, 0) is 6.92 Å². The summed E-state index contributed by atoms with van der Waals surface area (Å²) in [6.07, 6.45) is -26.4. The van der Waals surface area contributed by atoms with Gasteiger partial charge in [-0.25, -0.2) is 9.18 Å². The van der Waals surface area contributed by atoms with E-state index in [2.05, 4.69) is 0 Å². The molecule has 39 heteroatoms. The molecule has 0 aliphatic heterocycles. The van der Waals surface area contributed by atoms with E-state index in [1.165, 1.54) is 0 Å². The summed E-state index contributed by atoms with van der Waals surface area (Å²) in [6.45, 7) is 1.32. The van der Waals surface area contributed by atoms with Gasteiger partial charge in [-0.1, -0.05) is 6.58 Å². The van der Waals surface area contributed by atoms with E-state index < -0.39 is 126 Å². The van der Waals surface area contributed by atoms with Crippen molar-refractivity contribution in [3.63, 3.8) is 0 Å². The third-order valence-corrected chi connectivity index (χ3v) is 7.30. The van der Waals surface area contributed by atoms with E-state index in [4.69, 9.17) is 0 Å². The van der Waals surface area contributed by atoms with E-state index in [-0.39, 0.29) is 0 Å². The zero-order valence-electron chi connectivity index (χ0n) is 26.5. The van der Waals surface area contributed by atoms with Crippen molar-refractivity contribution in [3.05, 3.63) is 12.2 Å². The summed E-state index contributed by atoms with van der Waals surface area (Å²) in [7, 11) is 0. The molecule has 1 unspecified atom stereocenters. The molecule has 0 aromatic heterocycles. The van der Waals surface area contributed by atoms with Crippen LogP contribution in [0.5, 0.6) is 0 Å². The molecule has 61 heavy (non-hydrogen) atoms. The van der Waals surface area contributed by atoms with Crippen LogP contribution in [0.1, 0.15) is 6.92 Å². The lowest BCUT2D eigenvalue weighted by atomic mass is 9.80. The van der Waals surface area contributed by atoms with Gasteiger partial charge in [-0.2, -0.15) is 158 Å². The van der Waals surface area contributed by atoms with Crippen LogP contribution in [0.4, 0.5) is 162 Å². The lowest BCUT2D eigenvalue weighted by Gasteiger charge is -2.48. The van der Waals surface area contributed by atoms with Crippen molar-refractivity contribution in [1.29, 1.82) is 0 Å². The minimum Gasteiger partial charge on any atom is -0.413 e. The van der Waals surface area contributed by atoms with Crippen LogP contribution in [0, 0.1) is 0 Å². The molecule has 0 bridgehead atoms. The fourth-order valence-electron chi connectivity index (χ4n) is 3.63. The van der Waals surface area contributed by atoms with Crippen molar-refractivity contribution in [2.45, 2.75) is 114 Å². The standard InChI is InChI=1S/C22H5F37O2/c1-3(2)4(60)61-19(50,16(44,45)13(38,39)8(28,29)7(26,27)6(24,25)5(23,20(51,52)53)21(54,55)56)17(46,47)14(40,41)11(34,35)9(30,31)10(32,33)12(36,37)15(42,43)18(48,49)22(57,58)59/h1H2,2H3. The van der Waals surface area contributed by atoms with Gasteiger partial charge in [0.05, 0.1) is 0 Å². The van der Waals surface area contributed by atoms with Gasteiger partial charge in [-0.3, -0.25) is 0 Å². The number of alkyl halides is 37. The summed E-state index contributed by atoms with van der Waals surface area (Å²) < 4.78 is 508.